The molecule has 4 nitrogen and oxygen atoms in total. The Balaban J connectivity index is 2.16. The van der Waals surface area contributed by atoms with E-state index in [0.29, 0.717) is 18.0 Å². The van der Waals surface area contributed by atoms with Crippen molar-refractivity contribution in [2.24, 2.45) is 11.7 Å². The number of aromatic nitrogens is 1. The zero-order valence-electron chi connectivity index (χ0n) is 11.8. The van der Waals surface area contributed by atoms with Gasteiger partial charge in [-0.1, -0.05) is 19.8 Å². The Bertz CT molecular complexity index is 460. The molecule has 0 aliphatic heterocycles. The molecule has 104 valence electrons. The standard InChI is InChI=1S/C15H23N3O/c1-11-5-3-4-7-15(11,10-16)18-14(19)13-6-8-17-12(2)9-13/h6,8-9,11H,3-5,7,10,16H2,1-2H3,(H,18,19). The second-order valence-electron chi connectivity index (χ2n) is 5.65. The van der Waals surface area contributed by atoms with Gasteiger partial charge in [0, 0.05) is 24.0 Å². The monoisotopic (exact) mass is 261 g/mol. The fourth-order valence-corrected chi connectivity index (χ4v) is 2.94. The van der Waals surface area contributed by atoms with E-state index in [9.17, 15) is 4.79 Å². The van der Waals surface area contributed by atoms with Crippen molar-refractivity contribution in [2.45, 2.75) is 45.1 Å². The number of nitrogens with two attached hydrogens (primary N) is 1. The number of amides is 1. The van der Waals surface area contributed by atoms with E-state index < -0.39 is 0 Å². The molecule has 2 rings (SSSR count). The predicted octanol–water partition coefficient (Wildman–Crippen LogP) is 2.03. The molecule has 1 fully saturated rings. The number of pyridine rings is 1. The van der Waals surface area contributed by atoms with E-state index in [1.54, 1.807) is 12.3 Å². The zero-order chi connectivity index (χ0) is 13.9. The van der Waals surface area contributed by atoms with E-state index in [4.69, 9.17) is 5.73 Å². The molecule has 2 atom stereocenters. The summed E-state index contributed by atoms with van der Waals surface area (Å²) in [4.78, 5) is 16.5. The molecule has 1 aliphatic carbocycles. The number of rotatable bonds is 3. The van der Waals surface area contributed by atoms with E-state index in [0.717, 1.165) is 25.0 Å². The first-order valence-corrected chi connectivity index (χ1v) is 7.02. The van der Waals surface area contributed by atoms with Crippen molar-refractivity contribution < 1.29 is 4.79 Å². The van der Waals surface area contributed by atoms with Gasteiger partial charge in [-0.2, -0.15) is 0 Å². The molecular weight excluding hydrogens is 238 g/mol. The molecule has 1 heterocycles. The summed E-state index contributed by atoms with van der Waals surface area (Å²) in [5.74, 6) is 0.392. The number of nitrogens with one attached hydrogen (secondary N) is 1. The normalized spacial score (nSPS) is 27.0. The fraction of sp³-hybridized carbons (Fsp3) is 0.600. The minimum Gasteiger partial charge on any atom is -0.345 e. The van der Waals surface area contributed by atoms with Crippen LogP contribution >= 0.6 is 0 Å². The highest BCUT2D eigenvalue weighted by Crippen LogP contribution is 2.33. The van der Waals surface area contributed by atoms with Crippen molar-refractivity contribution >= 4 is 5.91 Å². The maximum atomic E-state index is 12.4. The molecule has 1 saturated carbocycles. The summed E-state index contributed by atoms with van der Waals surface area (Å²) in [7, 11) is 0. The zero-order valence-corrected chi connectivity index (χ0v) is 11.8. The Morgan fingerprint density at radius 3 is 3.00 bits per heavy atom. The van der Waals surface area contributed by atoms with Crippen LogP contribution in [-0.2, 0) is 0 Å². The van der Waals surface area contributed by atoms with Crippen LogP contribution in [0.25, 0.3) is 0 Å². The lowest BCUT2D eigenvalue weighted by Gasteiger charge is -2.42. The van der Waals surface area contributed by atoms with Gasteiger partial charge in [0.2, 0.25) is 0 Å². The molecule has 0 aromatic carbocycles. The Kier molecular flexibility index (Phi) is 4.20. The molecule has 1 aromatic heterocycles. The van der Waals surface area contributed by atoms with Gasteiger partial charge in [0.15, 0.2) is 0 Å². The van der Waals surface area contributed by atoms with Crippen LogP contribution in [0.4, 0.5) is 0 Å². The van der Waals surface area contributed by atoms with Crippen LogP contribution in [0.1, 0.15) is 48.7 Å². The summed E-state index contributed by atoms with van der Waals surface area (Å²) < 4.78 is 0. The van der Waals surface area contributed by atoms with Crippen LogP contribution in [-0.4, -0.2) is 23.0 Å². The van der Waals surface area contributed by atoms with Gasteiger partial charge in [0.1, 0.15) is 0 Å². The number of nitrogens with zero attached hydrogens (tertiary/aromatic N) is 1. The highest BCUT2D eigenvalue weighted by molar-refractivity contribution is 5.94. The third kappa shape index (κ3) is 2.95. The first-order valence-electron chi connectivity index (χ1n) is 7.02. The number of carbonyl (C=O) groups is 1. The second-order valence-corrected chi connectivity index (χ2v) is 5.65. The first-order chi connectivity index (χ1) is 9.07. The molecule has 1 aliphatic rings. The third-order valence-corrected chi connectivity index (χ3v) is 4.34. The van der Waals surface area contributed by atoms with Crippen molar-refractivity contribution in [2.75, 3.05) is 6.54 Å². The highest BCUT2D eigenvalue weighted by Gasteiger charge is 2.38. The van der Waals surface area contributed by atoms with E-state index in [1.165, 1.54) is 6.42 Å². The summed E-state index contributed by atoms with van der Waals surface area (Å²) in [5.41, 5.74) is 7.23. The summed E-state index contributed by atoms with van der Waals surface area (Å²) in [5, 5.41) is 3.18. The summed E-state index contributed by atoms with van der Waals surface area (Å²) in [6.45, 7) is 4.58. The van der Waals surface area contributed by atoms with Crippen molar-refractivity contribution in [3.05, 3.63) is 29.6 Å². The van der Waals surface area contributed by atoms with Gasteiger partial charge in [-0.15, -0.1) is 0 Å². The number of hydrogen-bond acceptors (Lipinski definition) is 3. The number of hydrogen-bond donors (Lipinski definition) is 2. The van der Waals surface area contributed by atoms with Gasteiger partial charge < -0.3 is 11.1 Å². The predicted molar refractivity (Wildman–Crippen MR) is 75.9 cm³/mol. The molecule has 0 spiro atoms. The molecular formula is C15H23N3O. The van der Waals surface area contributed by atoms with Crippen molar-refractivity contribution in [3.63, 3.8) is 0 Å². The fourth-order valence-electron chi connectivity index (χ4n) is 2.94. The molecule has 2 unspecified atom stereocenters. The summed E-state index contributed by atoms with van der Waals surface area (Å²) >= 11 is 0. The first kappa shape index (κ1) is 14.0. The molecule has 0 radical (unpaired) electrons. The van der Waals surface area contributed by atoms with Crippen LogP contribution in [0, 0.1) is 12.8 Å². The lowest BCUT2D eigenvalue weighted by atomic mass is 9.73. The van der Waals surface area contributed by atoms with Gasteiger partial charge in [-0.3, -0.25) is 9.78 Å². The SMILES string of the molecule is Cc1cc(C(=O)NC2(CN)CCCCC2C)ccn1. The Labute approximate surface area is 114 Å². The molecule has 1 aromatic rings. The minimum atomic E-state index is -0.244. The average Bonchev–Trinajstić information content (AvgIpc) is 2.41. The molecule has 4 heteroatoms. The second kappa shape index (κ2) is 5.70. The van der Waals surface area contributed by atoms with Gasteiger partial charge >= 0.3 is 0 Å². The van der Waals surface area contributed by atoms with E-state index in [2.05, 4.69) is 17.2 Å². The van der Waals surface area contributed by atoms with E-state index in [-0.39, 0.29) is 11.4 Å². The number of aryl methyl sites for hydroxylation is 1. The largest absolute Gasteiger partial charge is 0.345 e. The van der Waals surface area contributed by atoms with Crippen LogP contribution in [0.5, 0.6) is 0 Å². The maximum absolute atomic E-state index is 12.4. The molecule has 19 heavy (non-hydrogen) atoms. The smallest absolute Gasteiger partial charge is 0.251 e. The number of carbonyl (C=O) groups excluding carboxylic acids is 1. The highest BCUT2D eigenvalue weighted by atomic mass is 16.1. The quantitative estimate of drug-likeness (QED) is 0.874. The average molecular weight is 261 g/mol. The van der Waals surface area contributed by atoms with Gasteiger partial charge in [-0.05, 0) is 37.8 Å². The van der Waals surface area contributed by atoms with Crippen molar-refractivity contribution in [1.82, 2.24) is 10.3 Å². The summed E-state index contributed by atoms with van der Waals surface area (Å²) in [6.07, 6.45) is 6.14. The molecule has 0 saturated heterocycles. The molecule has 1 amide bonds. The van der Waals surface area contributed by atoms with E-state index >= 15 is 0 Å². The van der Waals surface area contributed by atoms with Crippen molar-refractivity contribution in [3.8, 4) is 0 Å². The Morgan fingerprint density at radius 2 is 2.37 bits per heavy atom. The van der Waals surface area contributed by atoms with Crippen molar-refractivity contribution in [1.29, 1.82) is 0 Å². The van der Waals surface area contributed by atoms with E-state index in [1.807, 2.05) is 13.0 Å². The Hall–Kier alpha value is -1.42. The molecule has 3 N–H and O–H groups in total. The van der Waals surface area contributed by atoms with Crippen LogP contribution in [0.2, 0.25) is 0 Å². The summed E-state index contributed by atoms with van der Waals surface area (Å²) in [6, 6.07) is 3.56. The molecule has 0 bridgehead atoms. The minimum absolute atomic E-state index is 0.0373. The van der Waals surface area contributed by atoms with Crippen LogP contribution < -0.4 is 11.1 Å². The Morgan fingerprint density at radius 1 is 1.58 bits per heavy atom. The van der Waals surface area contributed by atoms with Gasteiger partial charge in [0.25, 0.3) is 5.91 Å². The van der Waals surface area contributed by atoms with Crippen LogP contribution in [0.15, 0.2) is 18.3 Å². The maximum Gasteiger partial charge on any atom is 0.251 e. The van der Waals surface area contributed by atoms with Crippen LogP contribution in [0.3, 0.4) is 0 Å². The van der Waals surface area contributed by atoms with Gasteiger partial charge in [-0.25, -0.2) is 0 Å². The third-order valence-electron chi connectivity index (χ3n) is 4.34. The lowest BCUT2D eigenvalue weighted by Crippen LogP contribution is -2.59. The van der Waals surface area contributed by atoms with Gasteiger partial charge in [0.05, 0.1) is 5.54 Å². The lowest BCUT2D eigenvalue weighted by molar-refractivity contribution is 0.0812. The topological polar surface area (TPSA) is 68.0 Å².